The van der Waals surface area contributed by atoms with E-state index in [4.69, 9.17) is 16.0 Å². The summed E-state index contributed by atoms with van der Waals surface area (Å²) in [6.45, 7) is 2.60. The van der Waals surface area contributed by atoms with E-state index in [1.54, 1.807) is 22.8 Å². The van der Waals surface area contributed by atoms with Crippen LogP contribution in [0.5, 0.6) is 0 Å². The molecule has 0 aliphatic carbocycles. The van der Waals surface area contributed by atoms with Crippen LogP contribution < -0.4 is 5.76 Å². The molecule has 4 nitrogen and oxygen atoms in total. The summed E-state index contributed by atoms with van der Waals surface area (Å²) in [7, 11) is 0. The van der Waals surface area contributed by atoms with E-state index >= 15 is 0 Å². The van der Waals surface area contributed by atoms with E-state index in [1.165, 1.54) is 5.75 Å². The van der Waals surface area contributed by atoms with Crippen molar-refractivity contribution in [1.82, 2.24) is 9.47 Å². The zero-order chi connectivity index (χ0) is 13.2. The Bertz CT molecular complexity index is 629. The Balaban J connectivity index is 1.93. The minimum Gasteiger partial charge on any atom is -0.408 e. The van der Waals surface area contributed by atoms with E-state index < -0.39 is 0 Å². The SMILES string of the molecule is O=c1oc2ccc(Cl)cc2n1CN1CCCSCC1. The lowest BCUT2D eigenvalue weighted by molar-refractivity contribution is 0.230. The maximum Gasteiger partial charge on any atom is 0.421 e. The van der Waals surface area contributed by atoms with Gasteiger partial charge in [0.05, 0.1) is 12.2 Å². The third-order valence-electron chi connectivity index (χ3n) is 3.29. The first-order valence-electron chi connectivity index (χ1n) is 6.33. The first-order valence-corrected chi connectivity index (χ1v) is 7.86. The number of hydrogen-bond donors (Lipinski definition) is 0. The summed E-state index contributed by atoms with van der Waals surface area (Å²) in [5.74, 6) is 2.00. The molecule has 0 saturated carbocycles. The van der Waals surface area contributed by atoms with Crippen LogP contribution >= 0.6 is 23.4 Å². The zero-order valence-electron chi connectivity index (χ0n) is 10.5. The van der Waals surface area contributed by atoms with Crippen LogP contribution in [0.2, 0.25) is 5.02 Å². The Morgan fingerprint density at radius 1 is 1.32 bits per heavy atom. The number of aromatic nitrogens is 1. The van der Waals surface area contributed by atoms with Gasteiger partial charge >= 0.3 is 5.76 Å². The molecule has 102 valence electrons. The van der Waals surface area contributed by atoms with E-state index in [2.05, 4.69) is 4.90 Å². The van der Waals surface area contributed by atoms with Crippen LogP contribution in [0.1, 0.15) is 6.42 Å². The second kappa shape index (κ2) is 5.61. The minimum atomic E-state index is -0.311. The van der Waals surface area contributed by atoms with Crippen LogP contribution in [0.15, 0.2) is 27.4 Å². The van der Waals surface area contributed by atoms with Crippen molar-refractivity contribution < 1.29 is 4.42 Å². The molecule has 0 amide bonds. The highest BCUT2D eigenvalue weighted by Crippen LogP contribution is 2.19. The Hall–Kier alpha value is -0.910. The Kier molecular flexibility index (Phi) is 3.86. The van der Waals surface area contributed by atoms with Gasteiger partial charge in [0, 0.05) is 23.9 Å². The van der Waals surface area contributed by atoms with Crippen molar-refractivity contribution in [3.05, 3.63) is 33.8 Å². The number of hydrogen-bond acceptors (Lipinski definition) is 4. The van der Waals surface area contributed by atoms with Crippen LogP contribution in [0, 0.1) is 0 Å². The molecule has 0 atom stereocenters. The van der Waals surface area contributed by atoms with Crippen molar-refractivity contribution in [2.45, 2.75) is 13.1 Å². The second-order valence-corrected chi connectivity index (χ2v) is 6.29. The van der Waals surface area contributed by atoms with Crippen molar-refractivity contribution in [2.75, 3.05) is 24.6 Å². The standard InChI is InChI=1S/C13H15ClN2O2S/c14-10-2-3-12-11(8-10)16(13(17)18-12)9-15-4-1-6-19-7-5-15/h2-3,8H,1,4-7,9H2. The van der Waals surface area contributed by atoms with E-state index in [-0.39, 0.29) is 5.76 Å². The fourth-order valence-corrected chi connectivity index (χ4v) is 3.40. The largest absolute Gasteiger partial charge is 0.421 e. The van der Waals surface area contributed by atoms with Gasteiger partial charge in [0.15, 0.2) is 5.58 Å². The van der Waals surface area contributed by atoms with Gasteiger partial charge in [0.2, 0.25) is 0 Å². The molecule has 0 spiro atoms. The number of halogens is 1. The molecular weight excluding hydrogens is 284 g/mol. The Labute approximate surface area is 120 Å². The fraction of sp³-hybridized carbons (Fsp3) is 0.462. The monoisotopic (exact) mass is 298 g/mol. The summed E-state index contributed by atoms with van der Waals surface area (Å²) in [6.07, 6.45) is 1.16. The van der Waals surface area contributed by atoms with Crippen molar-refractivity contribution in [1.29, 1.82) is 0 Å². The normalized spacial score (nSPS) is 17.7. The number of oxazole rings is 1. The molecule has 0 unspecified atom stereocenters. The van der Waals surface area contributed by atoms with Gasteiger partial charge in [0.1, 0.15) is 0 Å². The molecule has 1 aliphatic heterocycles. The number of nitrogens with zero attached hydrogens (tertiary/aromatic N) is 2. The van der Waals surface area contributed by atoms with E-state index in [9.17, 15) is 4.79 Å². The van der Waals surface area contributed by atoms with Crippen LogP contribution in [0.4, 0.5) is 0 Å². The molecule has 2 aromatic rings. The van der Waals surface area contributed by atoms with Gasteiger partial charge in [-0.1, -0.05) is 11.6 Å². The second-order valence-electron chi connectivity index (χ2n) is 4.63. The summed E-state index contributed by atoms with van der Waals surface area (Å²) in [4.78, 5) is 14.2. The lowest BCUT2D eigenvalue weighted by atomic mass is 10.3. The van der Waals surface area contributed by atoms with Gasteiger partial charge < -0.3 is 4.42 Å². The lowest BCUT2D eigenvalue weighted by Gasteiger charge is -2.19. The van der Waals surface area contributed by atoms with Gasteiger partial charge in [-0.15, -0.1) is 0 Å². The maximum absolute atomic E-state index is 11.9. The number of thioether (sulfide) groups is 1. The van der Waals surface area contributed by atoms with E-state index in [0.717, 1.165) is 30.8 Å². The molecule has 1 aromatic heterocycles. The highest BCUT2D eigenvalue weighted by atomic mass is 35.5. The molecule has 0 bridgehead atoms. The summed E-state index contributed by atoms with van der Waals surface area (Å²) in [5.41, 5.74) is 1.37. The van der Waals surface area contributed by atoms with Crippen LogP contribution in [-0.2, 0) is 6.67 Å². The maximum atomic E-state index is 11.9. The average molecular weight is 299 g/mol. The highest BCUT2D eigenvalue weighted by molar-refractivity contribution is 7.99. The first-order chi connectivity index (χ1) is 9.24. The van der Waals surface area contributed by atoms with Gasteiger partial charge in [-0.05, 0) is 30.4 Å². The third-order valence-corrected chi connectivity index (χ3v) is 4.57. The molecular formula is C13H15ClN2O2S. The quantitative estimate of drug-likeness (QED) is 0.854. The van der Waals surface area contributed by atoms with Crippen molar-refractivity contribution in [3.8, 4) is 0 Å². The topological polar surface area (TPSA) is 38.4 Å². The fourth-order valence-electron chi connectivity index (χ4n) is 2.31. The predicted molar refractivity (Wildman–Crippen MR) is 79.0 cm³/mol. The van der Waals surface area contributed by atoms with Gasteiger partial charge in [-0.25, -0.2) is 4.79 Å². The number of fused-ring (bicyclic) bond motifs is 1. The molecule has 6 heteroatoms. The van der Waals surface area contributed by atoms with Gasteiger partial charge in [-0.3, -0.25) is 9.47 Å². The first kappa shape index (κ1) is 13.1. The highest BCUT2D eigenvalue weighted by Gasteiger charge is 2.14. The summed E-state index contributed by atoms with van der Waals surface area (Å²) in [5, 5.41) is 0.619. The molecule has 1 fully saturated rings. The molecule has 2 heterocycles. The van der Waals surface area contributed by atoms with Crippen LogP contribution in [0.25, 0.3) is 11.1 Å². The van der Waals surface area contributed by atoms with Crippen LogP contribution in [0.3, 0.4) is 0 Å². The van der Waals surface area contributed by atoms with Crippen LogP contribution in [-0.4, -0.2) is 34.1 Å². The zero-order valence-corrected chi connectivity index (χ0v) is 12.0. The van der Waals surface area contributed by atoms with Crippen molar-refractivity contribution in [3.63, 3.8) is 0 Å². The summed E-state index contributed by atoms with van der Waals surface area (Å²) >= 11 is 7.96. The minimum absolute atomic E-state index is 0.311. The predicted octanol–water partition coefficient (Wildman–Crippen LogP) is 2.64. The van der Waals surface area contributed by atoms with Gasteiger partial charge in [0.25, 0.3) is 0 Å². The molecule has 1 saturated heterocycles. The molecule has 0 radical (unpaired) electrons. The van der Waals surface area contributed by atoms with E-state index in [0.29, 0.717) is 17.3 Å². The average Bonchev–Trinajstić information content (AvgIpc) is 2.58. The Morgan fingerprint density at radius 3 is 3.11 bits per heavy atom. The smallest absolute Gasteiger partial charge is 0.408 e. The summed E-state index contributed by atoms with van der Waals surface area (Å²) < 4.78 is 6.91. The Morgan fingerprint density at radius 2 is 2.21 bits per heavy atom. The summed E-state index contributed by atoms with van der Waals surface area (Å²) in [6, 6.07) is 5.27. The molecule has 19 heavy (non-hydrogen) atoms. The lowest BCUT2D eigenvalue weighted by Crippen LogP contribution is -2.32. The molecule has 0 N–H and O–H groups in total. The molecule has 1 aromatic carbocycles. The van der Waals surface area contributed by atoms with E-state index in [1.807, 2.05) is 11.8 Å². The number of rotatable bonds is 2. The molecule has 1 aliphatic rings. The molecule has 3 rings (SSSR count). The third kappa shape index (κ3) is 2.83. The van der Waals surface area contributed by atoms with Crippen molar-refractivity contribution in [2.24, 2.45) is 0 Å². The number of benzene rings is 1. The van der Waals surface area contributed by atoms with Crippen molar-refractivity contribution >= 4 is 34.5 Å². The van der Waals surface area contributed by atoms with Gasteiger partial charge in [-0.2, -0.15) is 11.8 Å².